The van der Waals surface area contributed by atoms with Gasteiger partial charge in [0.1, 0.15) is 6.54 Å². The molecule has 0 radical (unpaired) electrons. The van der Waals surface area contributed by atoms with Crippen molar-refractivity contribution in [3.05, 3.63) is 69.8 Å². The highest BCUT2D eigenvalue weighted by molar-refractivity contribution is 8.00. The van der Waals surface area contributed by atoms with Crippen molar-refractivity contribution in [3.63, 3.8) is 0 Å². The minimum Gasteiger partial charge on any atom is -0.329 e. The second-order valence-corrected chi connectivity index (χ2v) is 6.76. The van der Waals surface area contributed by atoms with Gasteiger partial charge in [-0.05, 0) is 29.8 Å². The van der Waals surface area contributed by atoms with Crippen LogP contribution in [-0.4, -0.2) is 34.2 Å². The SMILES string of the molecule is N#Cc1ccc(CN(CC(F)(F)F)C(=O)CSc2ccc([N+](=O)[O-])cc2)cc1. The lowest BCUT2D eigenvalue weighted by atomic mass is 10.1. The molecule has 10 heteroatoms. The number of nitro benzene ring substituents is 1. The van der Waals surface area contributed by atoms with E-state index in [0.717, 1.165) is 11.8 Å². The average molecular weight is 409 g/mol. The summed E-state index contributed by atoms with van der Waals surface area (Å²) in [4.78, 5) is 23.6. The van der Waals surface area contributed by atoms with Gasteiger partial charge in [0.05, 0.1) is 22.3 Å². The van der Waals surface area contributed by atoms with E-state index in [0.29, 0.717) is 20.9 Å². The molecular weight excluding hydrogens is 395 g/mol. The first-order valence-corrected chi connectivity index (χ1v) is 8.87. The van der Waals surface area contributed by atoms with E-state index in [2.05, 4.69) is 0 Å². The minimum atomic E-state index is -4.56. The molecule has 0 saturated carbocycles. The van der Waals surface area contributed by atoms with E-state index < -0.39 is 23.6 Å². The number of nitro groups is 1. The fourth-order valence-corrected chi connectivity index (χ4v) is 3.06. The third kappa shape index (κ3) is 6.59. The molecule has 2 rings (SSSR count). The zero-order valence-electron chi connectivity index (χ0n) is 14.3. The molecule has 0 atom stereocenters. The van der Waals surface area contributed by atoms with Crippen LogP contribution in [-0.2, 0) is 11.3 Å². The van der Waals surface area contributed by atoms with Gasteiger partial charge in [0.2, 0.25) is 5.91 Å². The molecule has 0 aliphatic carbocycles. The van der Waals surface area contributed by atoms with Gasteiger partial charge in [0.25, 0.3) is 5.69 Å². The Kier molecular flexibility index (Phi) is 7.00. The number of carbonyl (C=O) groups is 1. The summed E-state index contributed by atoms with van der Waals surface area (Å²) in [7, 11) is 0. The monoisotopic (exact) mass is 409 g/mol. The first kappa shape index (κ1) is 21.2. The van der Waals surface area contributed by atoms with Crippen molar-refractivity contribution in [1.82, 2.24) is 4.90 Å². The number of carbonyl (C=O) groups excluding carboxylic acids is 1. The number of rotatable bonds is 7. The molecule has 0 unspecified atom stereocenters. The van der Waals surface area contributed by atoms with Crippen molar-refractivity contribution in [2.75, 3.05) is 12.3 Å². The maximum absolute atomic E-state index is 12.9. The number of non-ortho nitro benzene ring substituents is 1. The van der Waals surface area contributed by atoms with Crippen molar-refractivity contribution in [3.8, 4) is 6.07 Å². The van der Waals surface area contributed by atoms with Gasteiger partial charge in [0, 0.05) is 23.6 Å². The highest BCUT2D eigenvalue weighted by atomic mass is 32.2. The van der Waals surface area contributed by atoms with E-state index in [9.17, 15) is 28.1 Å². The lowest BCUT2D eigenvalue weighted by Gasteiger charge is -2.24. The van der Waals surface area contributed by atoms with E-state index in [-0.39, 0.29) is 18.0 Å². The van der Waals surface area contributed by atoms with E-state index in [1.165, 1.54) is 48.5 Å². The topological polar surface area (TPSA) is 87.2 Å². The molecule has 2 aromatic rings. The average Bonchev–Trinajstić information content (AvgIpc) is 2.65. The number of hydrogen-bond donors (Lipinski definition) is 0. The van der Waals surface area contributed by atoms with Crippen molar-refractivity contribution in [2.24, 2.45) is 0 Å². The van der Waals surface area contributed by atoms with Crippen LogP contribution in [0, 0.1) is 21.4 Å². The van der Waals surface area contributed by atoms with Gasteiger partial charge in [-0.1, -0.05) is 12.1 Å². The molecule has 0 spiro atoms. The summed E-state index contributed by atoms with van der Waals surface area (Å²) in [6.45, 7) is -1.64. The zero-order chi connectivity index (χ0) is 20.7. The Balaban J connectivity index is 2.05. The molecule has 0 aromatic heterocycles. The van der Waals surface area contributed by atoms with Crippen molar-refractivity contribution >= 4 is 23.4 Å². The Morgan fingerprint density at radius 3 is 2.25 bits per heavy atom. The molecule has 2 aromatic carbocycles. The molecule has 0 saturated heterocycles. The Morgan fingerprint density at radius 2 is 1.75 bits per heavy atom. The highest BCUT2D eigenvalue weighted by Crippen LogP contribution is 2.24. The largest absolute Gasteiger partial charge is 0.406 e. The number of nitrogens with zero attached hydrogens (tertiary/aromatic N) is 3. The fraction of sp³-hybridized carbons (Fsp3) is 0.222. The number of nitriles is 1. The number of hydrogen-bond acceptors (Lipinski definition) is 5. The molecule has 0 N–H and O–H groups in total. The zero-order valence-corrected chi connectivity index (χ0v) is 15.2. The van der Waals surface area contributed by atoms with Crippen LogP contribution in [0.3, 0.4) is 0 Å². The number of benzene rings is 2. The molecule has 0 bridgehead atoms. The smallest absolute Gasteiger partial charge is 0.329 e. The van der Waals surface area contributed by atoms with E-state index >= 15 is 0 Å². The highest BCUT2D eigenvalue weighted by Gasteiger charge is 2.33. The van der Waals surface area contributed by atoms with Crippen LogP contribution >= 0.6 is 11.8 Å². The molecule has 0 heterocycles. The number of alkyl halides is 3. The maximum Gasteiger partial charge on any atom is 0.406 e. The molecule has 146 valence electrons. The van der Waals surface area contributed by atoms with E-state index in [1.807, 2.05) is 6.07 Å². The summed E-state index contributed by atoms with van der Waals surface area (Å²) in [5.74, 6) is -0.963. The van der Waals surface area contributed by atoms with Gasteiger partial charge in [-0.3, -0.25) is 14.9 Å². The normalized spacial score (nSPS) is 10.9. The van der Waals surface area contributed by atoms with Gasteiger partial charge in [0.15, 0.2) is 0 Å². The van der Waals surface area contributed by atoms with Crippen LogP contribution in [0.15, 0.2) is 53.4 Å². The quantitative estimate of drug-likeness (QED) is 0.390. The molecule has 0 fully saturated rings. The first-order valence-electron chi connectivity index (χ1n) is 7.89. The van der Waals surface area contributed by atoms with Gasteiger partial charge in [-0.25, -0.2) is 0 Å². The summed E-state index contributed by atoms with van der Waals surface area (Å²) >= 11 is 0.996. The van der Waals surface area contributed by atoms with Gasteiger partial charge < -0.3 is 4.90 Å². The second kappa shape index (κ2) is 9.23. The predicted octanol–water partition coefficient (Wildman–Crippen LogP) is 4.15. The molecular formula is C18H14F3N3O3S. The third-order valence-electron chi connectivity index (χ3n) is 3.59. The third-order valence-corrected chi connectivity index (χ3v) is 4.59. The first-order chi connectivity index (χ1) is 13.2. The Labute approximate surface area is 162 Å². The van der Waals surface area contributed by atoms with Crippen LogP contribution in [0.5, 0.6) is 0 Å². The van der Waals surface area contributed by atoms with Crippen LogP contribution in [0.4, 0.5) is 18.9 Å². The summed E-state index contributed by atoms with van der Waals surface area (Å²) in [5, 5.41) is 19.4. The van der Waals surface area contributed by atoms with E-state index in [4.69, 9.17) is 5.26 Å². The van der Waals surface area contributed by atoms with Crippen LogP contribution in [0.1, 0.15) is 11.1 Å². The molecule has 1 amide bonds. The Hall–Kier alpha value is -3.06. The van der Waals surface area contributed by atoms with Gasteiger partial charge in [-0.2, -0.15) is 18.4 Å². The summed E-state index contributed by atoms with van der Waals surface area (Å²) in [5.41, 5.74) is 0.721. The Morgan fingerprint density at radius 1 is 1.14 bits per heavy atom. The fourth-order valence-electron chi connectivity index (χ4n) is 2.25. The van der Waals surface area contributed by atoms with Crippen molar-refractivity contribution in [1.29, 1.82) is 5.26 Å². The summed E-state index contributed by atoms with van der Waals surface area (Å²) < 4.78 is 38.6. The lowest BCUT2D eigenvalue weighted by molar-refractivity contribution is -0.384. The molecule has 0 aliphatic rings. The molecule has 6 nitrogen and oxygen atoms in total. The van der Waals surface area contributed by atoms with Crippen LogP contribution in [0.25, 0.3) is 0 Å². The van der Waals surface area contributed by atoms with Gasteiger partial charge in [-0.15, -0.1) is 11.8 Å². The number of halogens is 3. The lowest BCUT2D eigenvalue weighted by Crippen LogP contribution is -2.39. The van der Waals surface area contributed by atoms with Crippen molar-refractivity contribution in [2.45, 2.75) is 17.6 Å². The minimum absolute atomic E-state index is 0.116. The van der Waals surface area contributed by atoms with Crippen LogP contribution in [0.2, 0.25) is 0 Å². The number of amides is 1. The second-order valence-electron chi connectivity index (χ2n) is 5.71. The molecule has 28 heavy (non-hydrogen) atoms. The number of thioether (sulfide) groups is 1. The maximum atomic E-state index is 12.9. The summed E-state index contributed by atoms with van der Waals surface area (Å²) in [6, 6.07) is 13.2. The standard InChI is InChI=1S/C18H14F3N3O3S/c19-18(20,21)12-23(10-14-3-1-13(9-22)2-4-14)17(25)11-28-16-7-5-15(6-8-16)24(26)27/h1-8H,10-12H2. The van der Waals surface area contributed by atoms with Crippen LogP contribution < -0.4 is 0 Å². The molecule has 0 aliphatic heterocycles. The summed E-state index contributed by atoms with van der Waals surface area (Å²) in [6.07, 6.45) is -4.56. The van der Waals surface area contributed by atoms with E-state index in [1.54, 1.807) is 0 Å². The predicted molar refractivity (Wildman–Crippen MR) is 96.4 cm³/mol. The van der Waals surface area contributed by atoms with Crippen molar-refractivity contribution < 1.29 is 22.9 Å². The Bertz CT molecular complexity index is 878. The van der Waals surface area contributed by atoms with Gasteiger partial charge >= 0.3 is 6.18 Å².